The topological polar surface area (TPSA) is 20.3 Å². The average molecular weight is 323 g/mol. The number of nitrogens with zero attached hydrogens (tertiary/aromatic N) is 1. The van der Waals surface area contributed by atoms with Crippen LogP contribution >= 0.6 is 0 Å². The van der Waals surface area contributed by atoms with Gasteiger partial charge in [-0.05, 0) is 29.4 Å². The summed E-state index contributed by atoms with van der Waals surface area (Å²) in [6.07, 6.45) is 10.6. The van der Waals surface area contributed by atoms with E-state index >= 15 is 0 Å². The third-order valence-corrected chi connectivity index (χ3v) is 4.38. The van der Waals surface area contributed by atoms with E-state index in [4.69, 9.17) is 0 Å². The Kier molecular flexibility index (Phi) is 6.19. The van der Waals surface area contributed by atoms with E-state index in [2.05, 4.69) is 38.8 Å². The van der Waals surface area contributed by atoms with E-state index in [0.29, 0.717) is 5.92 Å². The Morgan fingerprint density at radius 2 is 1.92 bits per heavy atom. The number of ketones is 1. The molecule has 0 atom stereocenters. The van der Waals surface area contributed by atoms with Gasteiger partial charge in [0.05, 0.1) is 0 Å². The van der Waals surface area contributed by atoms with Crippen LogP contribution in [0.2, 0.25) is 0 Å². The molecule has 1 aromatic rings. The van der Waals surface area contributed by atoms with Crippen LogP contribution in [-0.2, 0) is 4.79 Å². The molecule has 0 fully saturated rings. The van der Waals surface area contributed by atoms with Gasteiger partial charge in [-0.25, -0.2) is 0 Å². The summed E-state index contributed by atoms with van der Waals surface area (Å²) in [4.78, 5) is 14.9. The van der Waals surface area contributed by atoms with Gasteiger partial charge in [0.1, 0.15) is 0 Å². The maximum absolute atomic E-state index is 12.6. The molecule has 0 amide bonds. The molecule has 0 aliphatic carbocycles. The Hall–Kier alpha value is -2.09. The van der Waals surface area contributed by atoms with Gasteiger partial charge in [0.25, 0.3) is 0 Å². The Labute approximate surface area is 146 Å². The summed E-state index contributed by atoms with van der Waals surface area (Å²) >= 11 is 0. The smallest absolute Gasteiger partial charge is 0.183 e. The first-order valence-corrected chi connectivity index (χ1v) is 8.79. The highest BCUT2D eigenvalue weighted by Crippen LogP contribution is 2.35. The van der Waals surface area contributed by atoms with Crippen molar-refractivity contribution < 1.29 is 4.79 Å². The van der Waals surface area contributed by atoms with Gasteiger partial charge in [0.2, 0.25) is 0 Å². The summed E-state index contributed by atoms with van der Waals surface area (Å²) in [6, 6.07) is 10.1. The second-order valence-electron chi connectivity index (χ2n) is 7.56. The van der Waals surface area contributed by atoms with Gasteiger partial charge in [-0.2, -0.15) is 0 Å². The van der Waals surface area contributed by atoms with Crippen LogP contribution in [0.5, 0.6) is 0 Å². The second kappa shape index (κ2) is 8.14. The predicted octanol–water partition coefficient (Wildman–Crippen LogP) is 5.10. The fourth-order valence-corrected chi connectivity index (χ4v) is 2.95. The van der Waals surface area contributed by atoms with Gasteiger partial charge < -0.3 is 4.90 Å². The molecule has 0 saturated carbocycles. The molecule has 1 aliphatic heterocycles. The molecule has 128 valence electrons. The van der Waals surface area contributed by atoms with Crippen molar-refractivity contribution in [1.29, 1.82) is 0 Å². The van der Waals surface area contributed by atoms with Crippen LogP contribution in [-0.4, -0.2) is 23.8 Å². The highest BCUT2D eigenvalue weighted by molar-refractivity contribution is 6.05. The van der Waals surface area contributed by atoms with Gasteiger partial charge in [-0.1, -0.05) is 76.3 Å². The summed E-state index contributed by atoms with van der Waals surface area (Å²) in [5.41, 5.74) is 1.99. The quantitative estimate of drug-likeness (QED) is 0.536. The number of carbonyl (C=O) groups is 1. The molecule has 2 heteroatoms. The normalized spacial score (nSPS) is 17.7. The fourth-order valence-electron chi connectivity index (χ4n) is 2.95. The minimum atomic E-state index is -0.0575. The van der Waals surface area contributed by atoms with Crippen molar-refractivity contribution in [3.63, 3.8) is 0 Å². The molecule has 0 unspecified atom stereocenters. The molecule has 0 N–H and O–H groups in total. The van der Waals surface area contributed by atoms with Gasteiger partial charge >= 0.3 is 0 Å². The van der Waals surface area contributed by atoms with Crippen LogP contribution < -0.4 is 0 Å². The molecule has 24 heavy (non-hydrogen) atoms. The molecular formula is C22H29NO. The lowest BCUT2D eigenvalue weighted by Crippen LogP contribution is -2.36. The van der Waals surface area contributed by atoms with Crippen molar-refractivity contribution in [2.75, 3.05) is 13.1 Å². The lowest BCUT2D eigenvalue weighted by Gasteiger charge is -2.37. The molecule has 0 aromatic heterocycles. The van der Waals surface area contributed by atoms with E-state index in [9.17, 15) is 4.79 Å². The Morgan fingerprint density at radius 1 is 1.21 bits per heavy atom. The first-order valence-electron chi connectivity index (χ1n) is 8.79. The summed E-state index contributed by atoms with van der Waals surface area (Å²) in [5.74, 6) is 0.717. The maximum atomic E-state index is 12.6. The second-order valence-corrected chi connectivity index (χ2v) is 7.56. The van der Waals surface area contributed by atoms with Gasteiger partial charge in [0, 0.05) is 24.9 Å². The molecule has 0 bridgehead atoms. The first kappa shape index (κ1) is 18.3. The summed E-state index contributed by atoms with van der Waals surface area (Å²) in [7, 11) is 0. The SMILES string of the molecule is CC(C)CN1C=C(C(=O)/C=C/C=Cc2ccccc2)C(C)(C)CC1. The third kappa shape index (κ3) is 5.23. The zero-order chi connectivity index (χ0) is 17.6. The molecule has 0 radical (unpaired) electrons. The first-order chi connectivity index (χ1) is 11.4. The van der Waals surface area contributed by atoms with Crippen molar-refractivity contribution in [2.24, 2.45) is 11.3 Å². The fraction of sp³-hybridized carbons (Fsp3) is 0.409. The minimum Gasteiger partial charge on any atom is -0.377 e. The van der Waals surface area contributed by atoms with Crippen LogP contribution in [0, 0.1) is 11.3 Å². The van der Waals surface area contributed by atoms with E-state index in [1.54, 1.807) is 6.08 Å². The molecular weight excluding hydrogens is 294 g/mol. The van der Waals surface area contributed by atoms with Crippen molar-refractivity contribution in [3.05, 3.63) is 65.9 Å². The van der Waals surface area contributed by atoms with Crippen LogP contribution in [0.15, 0.2) is 60.3 Å². The molecule has 2 nitrogen and oxygen atoms in total. The number of benzene rings is 1. The Morgan fingerprint density at radius 3 is 2.58 bits per heavy atom. The zero-order valence-corrected chi connectivity index (χ0v) is 15.3. The van der Waals surface area contributed by atoms with Crippen LogP contribution in [0.1, 0.15) is 39.7 Å². The van der Waals surface area contributed by atoms with Gasteiger partial charge in [-0.15, -0.1) is 0 Å². The summed E-state index contributed by atoms with van der Waals surface area (Å²) < 4.78 is 0. The Balaban J connectivity index is 2.06. The molecule has 1 aliphatic rings. The van der Waals surface area contributed by atoms with E-state index in [-0.39, 0.29) is 11.2 Å². The van der Waals surface area contributed by atoms with Gasteiger partial charge in [-0.3, -0.25) is 4.79 Å². The van der Waals surface area contributed by atoms with Crippen LogP contribution in [0.3, 0.4) is 0 Å². The molecule has 0 spiro atoms. The maximum Gasteiger partial charge on any atom is 0.183 e. The number of rotatable bonds is 6. The Bertz CT molecular complexity index is 635. The van der Waals surface area contributed by atoms with Crippen molar-refractivity contribution >= 4 is 11.9 Å². The largest absolute Gasteiger partial charge is 0.377 e. The number of hydrogen-bond acceptors (Lipinski definition) is 2. The number of carbonyl (C=O) groups excluding carboxylic acids is 1. The van der Waals surface area contributed by atoms with Crippen molar-refractivity contribution in [2.45, 2.75) is 34.1 Å². The lowest BCUT2D eigenvalue weighted by atomic mass is 9.77. The standard InChI is InChI=1S/C22H29NO/c1-18(2)16-23-15-14-22(3,4)20(17-23)21(24)13-9-8-12-19-10-6-5-7-11-19/h5-13,17-18H,14-16H2,1-4H3/b12-8?,13-9+. The minimum absolute atomic E-state index is 0.0575. The van der Waals surface area contributed by atoms with E-state index in [1.165, 1.54) is 0 Å². The summed E-state index contributed by atoms with van der Waals surface area (Å²) in [5, 5.41) is 0. The highest BCUT2D eigenvalue weighted by Gasteiger charge is 2.31. The number of allylic oxidation sites excluding steroid dienone is 4. The molecule has 1 aromatic carbocycles. The zero-order valence-electron chi connectivity index (χ0n) is 15.3. The van der Waals surface area contributed by atoms with Crippen molar-refractivity contribution in [1.82, 2.24) is 4.90 Å². The summed E-state index contributed by atoms with van der Waals surface area (Å²) in [6.45, 7) is 10.8. The van der Waals surface area contributed by atoms with Gasteiger partial charge in [0.15, 0.2) is 5.78 Å². The lowest BCUT2D eigenvalue weighted by molar-refractivity contribution is -0.112. The van der Waals surface area contributed by atoms with Crippen LogP contribution in [0.4, 0.5) is 0 Å². The monoisotopic (exact) mass is 323 g/mol. The molecule has 2 rings (SSSR count). The predicted molar refractivity (Wildman–Crippen MR) is 103 cm³/mol. The van der Waals surface area contributed by atoms with E-state index < -0.39 is 0 Å². The molecule has 0 saturated heterocycles. The van der Waals surface area contributed by atoms with Crippen LogP contribution in [0.25, 0.3) is 6.08 Å². The van der Waals surface area contributed by atoms with Crippen molar-refractivity contribution in [3.8, 4) is 0 Å². The third-order valence-electron chi connectivity index (χ3n) is 4.38. The van der Waals surface area contributed by atoms with E-state index in [0.717, 1.165) is 30.6 Å². The number of hydrogen-bond donors (Lipinski definition) is 0. The average Bonchev–Trinajstić information content (AvgIpc) is 2.53. The molecule has 1 heterocycles. The highest BCUT2D eigenvalue weighted by atomic mass is 16.1. The van der Waals surface area contributed by atoms with E-state index in [1.807, 2.05) is 48.6 Å².